The monoisotopic (exact) mass is 500 g/mol. The minimum Gasteiger partial charge on any atom is -0.0985 e. The van der Waals surface area contributed by atoms with Crippen LogP contribution in [0.1, 0.15) is 73.3 Å². The van der Waals surface area contributed by atoms with Gasteiger partial charge in [-0.25, -0.2) is 0 Å². The Morgan fingerprint density at radius 2 is 1.03 bits per heavy atom. The Labute approximate surface area is 231 Å². The second kappa shape index (κ2) is 17.0. The molecule has 0 atom stereocenters. The van der Waals surface area contributed by atoms with Crippen LogP contribution in [0.5, 0.6) is 0 Å². The second-order valence-electron chi connectivity index (χ2n) is 9.98. The molecule has 0 aliphatic rings. The van der Waals surface area contributed by atoms with Gasteiger partial charge in [-0.3, -0.25) is 0 Å². The Balaban J connectivity index is 0.000000212. The molecule has 0 unspecified atom stereocenters. The predicted octanol–water partition coefficient (Wildman–Crippen LogP) is 11.0. The van der Waals surface area contributed by atoms with Gasteiger partial charge in [0.1, 0.15) is 0 Å². The molecule has 0 aromatic heterocycles. The minimum atomic E-state index is 1.17. The number of aryl methyl sites for hydroxylation is 3. The van der Waals surface area contributed by atoms with E-state index >= 15 is 0 Å². The standard InChI is InChI=1S/C20H24.C18H20/c1-3-5-6-7-9-18-12-14-19(15-13-18)20-11-8-10-17(4-2)16-20;1-2-16-12-14-18(15-13-16)11-7-6-10-17-8-4-3-5-9-17/h4,8,10-16H,2-3,5-7,9H2,1H3;2-5,8-9,12-15H,1,6-7,10-11H2. The van der Waals surface area contributed by atoms with Gasteiger partial charge in [0.15, 0.2) is 0 Å². The summed E-state index contributed by atoms with van der Waals surface area (Å²) in [6, 6.07) is 36.9. The second-order valence-corrected chi connectivity index (χ2v) is 9.98. The van der Waals surface area contributed by atoms with E-state index in [4.69, 9.17) is 0 Å². The van der Waals surface area contributed by atoms with Crippen molar-refractivity contribution in [3.8, 4) is 11.1 Å². The van der Waals surface area contributed by atoms with E-state index in [-0.39, 0.29) is 0 Å². The number of unbranched alkanes of at least 4 members (excludes halogenated alkanes) is 4. The third-order valence-corrected chi connectivity index (χ3v) is 6.97. The van der Waals surface area contributed by atoms with E-state index < -0.39 is 0 Å². The van der Waals surface area contributed by atoms with Crippen molar-refractivity contribution >= 4 is 12.2 Å². The Bertz CT molecular complexity index is 1200. The molecule has 4 aromatic rings. The lowest BCUT2D eigenvalue weighted by Gasteiger charge is -2.06. The fourth-order valence-electron chi connectivity index (χ4n) is 4.59. The van der Waals surface area contributed by atoms with Crippen molar-refractivity contribution in [3.05, 3.63) is 144 Å². The van der Waals surface area contributed by atoms with Crippen molar-refractivity contribution in [3.63, 3.8) is 0 Å². The van der Waals surface area contributed by atoms with Crippen LogP contribution in [0.25, 0.3) is 23.3 Å². The Morgan fingerprint density at radius 3 is 1.61 bits per heavy atom. The van der Waals surface area contributed by atoms with Gasteiger partial charge in [0.05, 0.1) is 0 Å². The first-order chi connectivity index (χ1) is 18.7. The van der Waals surface area contributed by atoms with Gasteiger partial charge in [0.25, 0.3) is 0 Å². The number of hydrogen-bond acceptors (Lipinski definition) is 0. The first-order valence-electron chi connectivity index (χ1n) is 14.3. The lowest BCUT2D eigenvalue weighted by Crippen LogP contribution is -1.89. The number of hydrogen-bond donors (Lipinski definition) is 0. The van der Waals surface area contributed by atoms with Gasteiger partial charge in [-0.1, -0.05) is 149 Å². The van der Waals surface area contributed by atoms with E-state index in [1.807, 2.05) is 12.2 Å². The Kier molecular flexibility index (Phi) is 12.9. The van der Waals surface area contributed by atoms with E-state index in [0.29, 0.717) is 0 Å². The number of rotatable bonds is 13. The fraction of sp³-hybridized carbons (Fsp3) is 0.263. The molecular weight excluding hydrogens is 456 g/mol. The molecule has 0 saturated carbocycles. The van der Waals surface area contributed by atoms with Gasteiger partial charge in [0.2, 0.25) is 0 Å². The summed E-state index contributed by atoms with van der Waals surface area (Å²) < 4.78 is 0. The quantitative estimate of drug-likeness (QED) is 0.160. The normalized spacial score (nSPS) is 10.3. The maximum Gasteiger partial charge on any atom is -0.0178 e. The molecule has 0 aliphatic heterocycles. The van der Waals surface area contributed by atoms with Crippen molar-refractivity contribution in [1.29, 1.82) is 0 Å². The van der Waals surface area contributed by atoms with Gasteiger partial charge in [-0.2, -0.15) is 0 Å². The smallest absolute Gasteiger partial charge is 0.0178 e. The molecule has 4 rings (SSSR count). The third kappa shape index (κ3) is 10.4. The van der Waals surface area contributed by atoms with Crippen LogP contribution in [0, 0.1) is 0 Å². The van der Waals surface area contributed by atoms with Crippen molar-refractivity contribution in [1.82, 2.24) is 0 Å². The van der Waals surface area contributed by atoms with Crippen molar-refractivity contribution in [2.45, 2.75) is 64.7 Å². The average molecular weight is 501 g/mol. The van der Waals surface area contributed by atoms with E-state index in [0.717, 1.165) is 0 Å². The summed E-state index contributed by atoms with van der Waals surface area (Å²) in [5, 5.41) is 0. The van der Waals surface area contributed by atoms with Gasteiger partial charge >= 0.3 is 0 Å². The first-order valence-corrected chi connectivity index (χ1v) is 14.3. The van der Waals surface area contributed by atoms with E-state index in [1.165, 1.54) is 96.7 Å². The van der Waals surface area contributed by atoms with Crippen LogP contribution in [-0.2, 0) is 19.3 Å². The summed E-state index contributed by atoms with van der Waals surface area (Å²) in [5.74, 6) is 0. The van der Waals surface area contributed by atoms with Crippen LogP contribution >= 0.6 is 0 Å². The van der Waals surface area contributed by atoms with Crippen LogP contribution in [0.15, 0.2) is 116 Å². The molecule has 0 amide bonds. The summed E-state index contributed by atoms with van der Waals surface area (Å²) >= 11 is 0. The average Bonchev–Trinajstić information content (AvgIpc) is 2.99. The van der Waals surface area contributed by atoms with Crippen molar-refractivity contribution < 1.29 is 0 Å². The van der Waals surface area contributed by atoms with Gasteiger partial charge in [-0.05, 0) is 83.5 Å². The molecule has 0 bridgehead atoms. The van der Waals surface area contributed by atoms with Crippen molar-refractivity contribution in [2.75, 3.05) is 0 Å². The lowest BCUT2D eigenvalue weighted by molar-refractivity contribution is 0.667. The summed E-state index contributed by atoms with van der Waals surface area (Å²) in [6.45, 7) is 9.85. The van der Waals surface area contributed by atoms with Crippen LogP contribution in [-0.4, -0.2) is 0 Å². The largest absolute Gasteiger partial charge is 0.0985 e. The zero-order valence-electron chi connectivity index (χ0n) is 23.2. The highest BCUT2D eigenvalue weighted by atomic mass is 14.0. The summed E-state index contributed by atoms with van der Waals surface area (Å²) in [4.78, 5) is 0. The molecular formula is C38H44. The summed E-state index contributed by atoms with van der Waals surface area (Å²) in [5.41, 5.74) is 9.23. The summed E-state index contributed by atoms with van der Waals surface area (Å²) in [6.07, 6.45) is 15.2. The molecule has 38 heavy (non-hydrogen) atoms. The highest BCUT2D eigenvalue weighted by Crippen LogP contribution is 2.22. The van der Waals surface area contributed by atoms with Gasteiger partial charge in [0, 0.05) is 0 Å². The molecule has 0 heterocycles. The van der Waals surface area contributed by atoms with Crippen LogP contribution in [0.2, 0.25) is 0 Å². The van der Waals surface area contributed by atoms with Crippen molar-refractivity contribution in [2.24, 2.45) is 0 Å². The minimum absolute atomic E-state index is 1.17. The zero-order chi connectivity index (χ0) is 26.8. The zero-order valence-corrected chi connectivity index (χ0v) is 23.2. The molecule has 0 spiro atoms. The molecule has 0 saturated heterocycles. The molecule has 4 aromatic carbocycles. The maximum absolute atomic E-state index is 3.83. The topological polar surface area (TPSA) is 0 Å². The van der Waals surface area contributed by atoms with E-state index in [1.54, 1.807) is 0 Å². The van der Waals surface area contributed by atoms with Gasteiger partial charge in [-0.15, -0.1) is 0 Å². The van der Waals surface area contributed by atoms with Crippen LogP contribution in [0.3, 0.4) is 0 Å². The molecule has 0 radical (unpaired) electrons. The fourth-order valence-corrected chi connectivity index (χ4v) is 4.59. The van der Waals surface area contributed by atoms with Gasteiger partial charge < -0.3 is 0 Å². The third-order valence-electron chi connectivity index (χ3n) is 6.97. The molecule has 0 heteroatoms. The molecule has 0 fully saturated rings. The highest BCUT2D eigenvalue weighted by Gasteiger charge is 2.00. The Morgan fingerprint density at radius 1 is 0.474 bits per heavy atom. The van der Waals surface area contributed by atoms with E-state index in [9.17, 15) is 0 Å². The van der Waals surface area contributed by atoms with Crippen LogP contribution < -0.4 is 0 Å². The Hall–Kier alpha value is -3.64. The van der Waals surface area contributed by atoms with Crippen LogP contribution in [0.4, 0.5) is 0 Å². The highest BCUT2D eigenvalue weighted by molar-refractivity contribution is 5.67. The number of benzene rings is 4. The summed E-state index contributed by atoms with van der Waals surface area (Å²) in [7, 11) is 0. The molecule has 196 valence electrons. The molecule has 0 N–H and O–H groups in total. The van der Waals surface area contributed by atoms with E-state index in [2.05, 4.69) is 123 Å². The predicted molar refractivity (Wildman–Crippen MR) is 169 cm³/mol. The first kappa shape index (κ1) is 28.9. The lowest BCUT2D eigenvalue weighted by atomic mass is 10.00. The molecule has 0 aliphatic carbocycles. The molecule has 0 nitrogen and oxygen atoms in total. The SMILES string of the molecule is C=Cc1ccc(CCCCc2ccccc2)cc1.C=Cc1cccc(-c2ccc(CCCCCC)cc2)c1. The maximum atomic E-state index is 3.83.